The number of rotatable bonds is 4. The van der Waals surface area contributed by atoms with E-state index in [1.54, 1.807) is 11.3 Å². The molecule has 0 bridgehead atoms. The van der Waals surface area contributed by atoms with Crippen LogP contribution in [0.15, 0.2) is 17.3 Å². The van der Waals surface area contributed by atoms with Gasteiger partial charge in [-0.05, 0) is 25.8 Å². The van der Waals surface area contributed by atoms with Gasteiger partial charge in [0.1, 0.15) is 0 Å². The molecule has 13 heavy (non-hydrogen) atoms. The summed E-state index contributed by atoms with van der Waals surface area (Å²) in [6, 6.07) is 0.796. The highest BCUT2D eigenvalue weighted by Gasteiger charge is 2.19. The number of thiazole rings is 1. The van der Waals surface area contributed by atoms with Gasteiger partial charge in [0.2, 0.25) is 0 Å². The molecule has 3 heteroatoms. The van der Waals surface area contributed by atoms with E-state index in [4.69, 9.17) is 0 Å². The molecule has 70 valence electrons. The molecule has 1 N–H and O–H groups in total. The Bertz CT molecular complexity index is 286. The van der Waals surface area contributed by atoms with Gasteiger partial charge in [-0.1, -0.05) is 5.57 Å². The average molecular weight is 194 g/mol. The third-order valence-electron chi connectivity index (χ3n) is 2.09. The maximum absolute atomic E-state index is 4.04. The van der Waals surface area contributed by atoms with Crippen LogP contribution >= 0.6 is 11.3 Å². The molecule has 1 aliphatic rings. The normalized spacial score (nSPS) is 17.8. The van der Waals surface area contributed by atoms with Crippen molar-refractivity contribution in [1.82, 2.24) is 10.3 Å². The van der Waals surface area contributed by atoms with Gasteiger partial charge in [-0.2, -0.15) is 0 Å². The quantitative estimate of drug-likeness (QED) is 0.795. The number of hydrogen-bond donors (Lipinski definition) is 1. The predicted octanol–water partition coefficient (Wildman–Crippen LogP) is 2.30. The minimum absolute atomic E-state index is 0.796. The lowest BCUT2D eigenvalue weighted by Gasteiger charge is -2.01. The van der Waals surface area contributed by atoms with Crippen molar-refractivity contribution >= 4 is 17.4 Å². The monoisotopic (exact) mass is 194 g/mol. The number of hydrogen-bond acceptors (Lipinski definition) is 3. The molecule has 1 aromatic rings. The zero-order valence-electron chi connectivity index (χ0n) is 7.79. The Morgan fingerprint density at radius 1 is 1.77 bits per heavy atom. The fourth-order valence-electron chi connectivity index (χ4n) is 1.18. The van der Waals surface area contributed by atoms with Crippen molar-refractivity contribution < 1.29 is 0 Å². The molecule has 1 aromatic heterocycles. The summed E-state index contributed by atoms with van der Waals surface area (Å²) in [5, 5.41) is 3.48. The first kappa shape index (κ1) is 8.91. The Kier molecular flexibility index (Phi) is 2.76. The summed E-state index contributed by atoms with van der Waals surface area (Å²) < 4.78 is 0. The number of nitrogens with zero attached hydrogens (tertiary/aromatic N) is 1. The second kappa shape index (κ2) is 4.03. The first-order valence-electron chi connectivity index (χ1n) is 4.63. The van der Waals surface area contributed by atoms with Crippen LogP contribution in [0.5, 0.6) is 0 Å². The standard InChI is InChI=1S/C10H14N2S/c1-8(5-12-9-2-3-9)4-10-6-11-7-13-10/h4,6-7,9,12H,2-3,5H2,1H3. The molecule has 0 spiro atoms. The van der Waals surface area contributed by atoms with E-state index in [0.29, 0.717) is 0 Å². The number of nitrogens with one attached hydrogen (secondary N) is 1. The molecule has 0 unspecified atom stereocenters. The first-order chi connectivity index (χ1) is 6.34. The van der Waals surface area contributed by atoms with E-state index in [0.717, 1.165) is 12.6 Å². The highest BCUT2D eigenvalue weighted by atomic mass is 32.1. The van der Waals surface area contributed by atoms with Crippen LogP contribution in [0.25, 0.3) is 6.08 Å². The van der Waals surface area contributed by atoms with Crippen LogP contribution in [-0.2, 0) is 0 Å². The van der Waals surface area contributed by atoms with Crippen LogP contribution in [0.2, 0.25) is 0 Å². The molecule has 0 aliphatic heterocycles. The fraction of sp³-hybridized carbons (Fsp3) is 0.500. The van der Waals surface area contributed by atoms with Gasteiger partial charge in [0, 0.05) is 23.7 Å². The number of aromatic nitrogens is 1. The molecule has 0 saturated heterocycles. The Labute approximate surface area is 82.7 Å². The van der Waals surface area contributed by atoms with Crippen LogP contribution in [-0.4, -0.2) is 17.6 Å². The van der Waals surface area contributed by atoms with Gasteiger partial charge >= 0.3 is 0 Å². The van der Waals surface area contributed by atoms with Crippen molar-refractivity contribution in [2.75, 3.05) is 6.54 Å². The Balaban J connectivity index is 1.84. The van der Waals surface area contributed by atoms with Crippen molar-refractivity contribution in [2.24, 2.45) is 0 Å². The molecule has 0 radical (unpaired) electrons. The van der Waals surface area contributed by atoms with Crippen molar-refractivity contribution in [2.45, 2.75) is 25.8 Å². The molecular weight excluding hydrogens is 180 g/mol. The van der Waals surface area contributed by atoms with Gasteiger partial charge in [0.05, 0.1) is 5.51 Å². The van der Waals surface area contributed by atoms with Gasteiger partial charge in [-0.25, -0.2) is 0 Å². The highest BCUT2D eigenvalue weighted by molar-refractivity contribution is 7.10. The van der Waals surface area contributed by atoms with Gasteiger partial charge in [-0.3, -0.25) is 4.98 Å². The summed E-state index contributed by atoms with van der Waals surface area (Å²) in [6.07, 6.45) is 6.82. The van der Waals surface area contributed by atoms with Crippen molar-refractivity contribution in [3.8, 4) is 0 Å². The van der Waals surface area contributed by atoms with E-state index in [-0.39, 0.29) is 0 Å². The second-order valence-electron chi connectivity index (χ2n) is 3.55. The van der Waals surface area contributed by atoms with Crippen LogP contribution < -0.4 is 5.32 Å². The van der Waals surface area contributed by atoms with E-state index in [1.807, 2.05) is 11.7 Å². The van der Waals surface area contributed by atoms with Crippen LogP contribution in [0.1, 0.15) is 24.6 Å². The lowest BCUT2D eigenvalue weighted by atomic mass is 10.2. The molecule has 1 saturated carbocycles. The second-order valence-corrected chi connectivity index (χ2v) is 4.47. The van der Waals surface area contributed by atoms with Gasteiger partial charge < -0.3 is 5.32 Å². The van der Waals surface area contributed by atoms with Gasteiger partial charge in [0.25, 0.3) is 0 Å². The third-order valence-corrected chi connectivity index (χ3v) is 2.81. The Morgan fingerprint density at radius 3 is 3.23 bits per heavy atom. The molecule has 2 rings (SSSR count). The summed E-state index contributed by atoms with van der Waals surface area (Å²) in [6.45, 7) is 3.18. The van der Waals surface area contributed by atoms with Gasteiger partial charge in [0.15, 0.2) is 0 Å². The van der Waals surface area contributed by atoms with E-state index in [2.05, 4.69) is 23.3 Å². The minimum atomic E-state index is 0.796. The fourth-order valence-corrected chi connectivity index (χ4v) is 1.82. The minimum Gasteiger partial charge on any atom is -0.310 e. The largest absolute Gasteiger partial charge is 0.310 e. The molecule has 0 atom stereocenters. The van der Waals surface area contributed by atoms with Crippen molar-refractivity contribution in [3.63, 3.8) is 0 Å². The summed E-state index contributed by atoms with van der Waals surface area (Å²) in [4.78, 5) is 5.28. The summed E-state index contributed by atoms with van der Waals surface area (Å²) in [7, 11) is 0. The van der Waals surface area contributed by atoms with Crippen molar-refractivity contribution in [3.05, 3.63) is 22.2 Å². The topological polar surface area (TPSA) is 24.9 Å². The molecular formula is C10H14N2S. The average Bonchev–Trinajstić information content (AvgIpc) is 2.82. The zero-order valence-corrected chi connectivity index (χ0v) is 8.60. The van der Waals surface area contributed by atoms with E-state index in [1.165, 1.54) is 23.3 Å². The third kappa shape index (κ3) is 2.94. The van der Waals surface area contributed by atoms with Crippen LogP contribution in [0, 0.1) is 0 Å². The predicted molar refractivity (Wildman–Crippen MR) is 56.8 cm³/mol. The van der Waals surface area contributed by atoms with E-state index in [9.17, 15) is 0 Å². The Hall–Kier alpha value is -0.670. The molecule has 2 nitrogen and oxygen atoms in total. The SMILES string of the molecule is CC(=Cc1cncs1)CNC1CC1. The molecule has 0 aromatic carbocycles. The highest BCUT2D eigenvalue weighted by Crippen LogP contribution is 2.19. The van der Waals surface area contributed by atoms with Crippen LogP contribution in [0.4, 0.5) is 0 Å². The lowest BCUT2D eigenvalue weighted by molar-refractivity contribution is 0.736. The van der Waals surface area contributed by atoms with Gasteiger partial charge in [-0.15, -0.1) is 11.3 Å². The smallest absolute Gasteiger partial charge is 0.0797 e. The maximum Gasteiger partial charge on any atom is 0.0797 e. The van der Waals surface area contributed by atoms with Crippen molar-refractivity contribution in [1.29, 1.82) is 0 Å². The van der Waals surface area contributed by atoms with Crippen LogP contribution in [0.3, 0.4) is 0 Å². The summed E-state index contributed by atoms with van der Waals surface area (Å²) in [5.74, 6) is 0. The van der Waals surface area contributed by atoms with E-state index < -0.39 is 0 Å². The molecule has 1 aliphatic carbocycles. The first-order valence-corrected chi connectivity index (χ1v) is 5.51. The molecule has 0 amide bonds. The molecule has 1 fully saturated rings. The molecule has 1 heterocycles. The maximum atomic E-state index is 4.04. The zero-order chi connectivity index (χ0) is 9.10. The summed E-state index contributed by atoms with van der Waals surface area (Å²) in [5.41, 5.74) is 3.25. The summed E-state index contributed by atoms with van der Waals surface area (Å²) >= 11 is 1.69. The van der Waals surface area contributed by atoms with E-state index >= 15 is 0 Å². The Morgan fingerprint density at radius 2 is 2.62 bits per heavy atom. The lowest BCUT2D eigenvalue weighted by Crippen LogP contribution is -2.18.